The van der Waals surface area contributed by atoms with Crippen LogP contribution in [0.25, 0.3) is 0 Å². The highest BCUT2D eigenvalue weighted by Crippen LogP contribution is 2.72. The van der Waals surface area contributed by atoms with Gasteiger partial charge < -0.3 is 19.1 Å². The molecule has 2 fully saturated rings. The van der Waals surface area contributed by atoms with Crippen molar-refractivity contribution in [1.82, 2.24) is 4.90 Å². The number of piperidine rings is 1. The van der Waals surface area contributed by atoms with Gasteiger partial charge in [-0.25, -0.2) is 0 Å². The molecule has 3 aliphatic carbocycles. The van der Waals surface area contributed by atoms with Crippen molar-refractivity contribution >= 4 is 5.78 Å². The normalized spacial score (nSPS) is 42.1. The highest BCUT2D eigenvalue weighted by atomic mass is 16.6. The third kappa shape index (κ3) is 1.92. The third-order valence-corrected chi connectivity index (χ3v) is 8.76. The average Bonchev–Trinajstić information content (AvgIpc) is 3.10. The van der Waals surface area contributed by atoms with Gasteiger partial charge in [0, 0.05) is 24.1 Å². The van der Waals surface area contributed by atoms with Crippen LogP contribution < -0.4 is 9.47 Å². The Kier molecular flexibility index (Phi) is 3.86. The van der Waals surface area contributed by atoms with Gasteiger partial charge in [-0.3, -0.25) is 4.79 Å². The number of aryl methyl sites for hydroxylation is 1. The second-order valence-corrected chi connectivity index (χ2v) is 9.46. The molecule has 0 N–H and O–H groups in total. The van der Waals surface area contributed by atoms with E-state index < -0.39 is 5.60 Å². The molecule has 2 spiro atoms. The lowest BCUT2D eigenvalue weighted by Crippen LogP contribution is -2.77. The van der Waals surface area contributed by atoms with E-state index in [9.17, 15) is 4.79 Å². The minimum absolute atomic E-state index is 0.174. The average molecular weight is 398 g/mol. The van der Waals surface area contributed by atoms with Crippen LogP contribution in [-0.2, 0) is 14.9 Å². The van der Waals surface area contributed by atoms with E-state index in [1.165, 1.54) is 11.1 Å². The van der Waals surface area contributed by atoms with Crippen molar-refractivity contribution in [2.75, 3.05) is 27.8 Å². The number of likely N-dealkylation sites (tertiary alicyclic amines) is 1. The molecule has 5 aliphatic rings. The van der Waals surface area contributed by atoms with Gasteiger partial charge in [-0.1, -0.05) is 18.2 Å². The number of nitrogens with zero attached hydrogens (tertiary/aromatic N) is 1. The molecule has 0 aromatic heterocycles. The zero-order valence-electron chi connectivity index (χ0n) is 18.2. The van der Waals surface area contributed by atoms with Crippen molar-refractivity contribution in [2.24, 2.45) is 11.3 Å². The van der Waals surface area contributed by atoms with Gasteiger partial charge in [-0.2, -0.15) is 0 Å². The number of ether oxygens (including phenoxy) is 3. The molecule has 0 radical (unpaired) electrons. The Labute approximate surface area is 173 Å². The number of carbonyl (C=O) groups is 1. The van der Waals surface area contributed by atoms with E-state index in [0.29, 0.717) is 0 Å². The summed E-state index contributed by atoms with van der Waals surface area (Å²) in [5.74, 6) is 1.56. The lowest BCUT2D eigenvalue weighted by Gasteiger charge is -2.68. The van der Waals surface area contributed by atoms with E-state index in [4.69, 9.17) is 14.2 Å². The van der Waals surface area contributed by atoms with Gasteiger partial charge >= 0.3 is 0 Å². The fourth-order valence-electron chi connectivity index (χ4n) is 7.25. The molecule has 6 atom stereocenters. The Bertz CT molecular complexity index is 926. The van der Waals surface area contributed by atoms with Crippen LogP contribution in [0.1, 0.15) is 37.8 Å². The zero-order chi connectivity index (χ0) is 20.8. The van der Waals surface area contributed by atoms with Crippen molar-refractivity contribution in [3.8, 4) is 11.5 Å². The summed E-state index contributed by atoms with van der Waals surface area (Å²) in [6, 6.07) is 4.42. The molecule has 5 heteroatoms. The van der Waals surface area contributed by atoms with Crippen LogP contribution in [0, 0.1) is 18.3 Å². The van der Waals surface area contributed by atoms with Crippen molar-refractivity contribution in [1.29, 1.82) is 0 Å². The Hall–Kier alpha value is -1.85. The molecule has 156 valence electrons. The molecule has 1 saturated heterocycles. The topological polar surface area (TPSA) is 48.0 Å². The number of Topliss-reactive ketones (excluding diaryl/α,β-unsaturated/α-hetero) is 1. The molecule has 0 amide bonds. The van der Waals surface area contributed by atoms with Gasteiger partial charge in [0.2, 0.25) is 0 Å². The molecule has 6 rings (SSSR count). The fraction of sp³-hybridized carbons (Fsp3) is 0.625. The second-order valence-electron chi connectivity index (χ2n) is 9.46. The van der Waals surface area contributed by atoms with Crippen LogP contribution in [0.3, 0.4) is 0 Å². The van der Waals surface area contributed by atoms with Crippen LogP contribution in [0.2, 0.25) is 0 Å². The van der Waals surface area contributed by atoms with Crippen molar-refractivity contribution in [2.45, 2.75) is 56.8 Å². The maximum Gasteiger partial charge on any atom is 0.165 e. The van der Waals surface area contributed by atoms with Gasteiger partial charge in [0.1, 0.15) is 17.5 Å². The molecule has 5 nitrogen and oxygen atoms in total. The van der Waals surface area contributed by atoms with Crippen LogP contribution in [0.5, 0.6) is 11.5 Å². The van der Waals surface area contributed by atoms with Crippen molar-refractivity contribution < 1.29 is 19.0 Å². The minimum Gasteiger partial charge on any atom is -0.493 e. The standard InChI is InChI=1S/C24H31NO4/c1-14-7-8-18(27-5)20-19(14)23-11-12-25(4)16(3)22(23)9-10-24(28-6,21(23)29-20)17(13-22)15(2)26/h7-10,16-17,21H,11-13H2,1-6H3/t16-,17?,21?,22?,23+,24?/m1/s1. The quantitative estimate of drug-likeness (QED) is 0.733. The Morgan fingerprint density at radius 3 is 2.69 bits per heavy atom. The Morgan fingerprint density at radius 1 is 1.28 bits per heavy atom. The van der Waals surface area contributed by atoms with Gasteiger partial charge in [-0.05, 0) is 58.8 Å². The van der Waals surface area contributed by atoms with E-state index in [1.54, 1.807) is 21.1 Å². The summed E-state index contributed by atoms with van der Waals surface area (Å²) < 4.78 is 18.7. The molecule has 2 aliphatic heterocycles. The van der Waals surface area contributed by atoms with Gasteiger partial charge in [0.25, 0.3) is 0 Å². The number of hydrogen-bond acceptors (Lipinski definition) is 5. The molecule has 1 aromatic carbocycles. The van der Waals surface area contributed by atoms with Crippen LogP contribution in [-0.4, -0.2) is 56.2 Å². The number of ketones is 1. The summed E-state index contributed by atoms with van der Waals surface area (Å²) in [6.45, 7) is 7.15. The highest BCUT2D eigenvalue weighted by molar-refractivity contribution is 5.82. The maximum atomic E-state index is 12.9. The van der Waals surface area contributed by atoms with Gasteiger partial charge in [0.15, 0.2) is 11.5 Å². The summed E-state index contributed by atoms with van der Waals surface area (Å²) >= 11 is 0. The molecule has 1 aromatic rings. The van der Waals surface area contributed by atoms with E-state index in [2.05, 4.69) is 44.0 Å². The first-order valence-electron chi connectivity index (χ1n) is 10.6. The lowest BCUT2D eigenvalue weighted by atomic mass is 9.39. The maximum absolute atomic E-state index is 12.9. The summed E-state index contributed by atoms with van der Waals surface area (Å²) in [6.07, 6.45) is 6.03. The Balaban J connectivity index is 1.87. The van der Waals surface area contributed by atoms with Gasteiger partial charge in [-0.15, -0.1) is 0 Å². The second kappa shape index (κ2) is 5.86. The third-order valence-electron chi connectivity index (χ3n) is 8.76. The number of carbonyl (C=O) groups excluding carboxylic acids is 1. The molecule has 2 heterocycles. The summed E-state index contributed by atoms with van der Waals surface area (Å²) in [4.78, 5) is 15.3. The van der Waals surface area contributed by atoms with E-state index in [0.717, 1.165) is 30.9 Å². The van der Waals surface area contributed by atoms with Crippen LogP contribution in [0.15, 0.2) is 24.3 Å². The Morgan fingerprint density at radius 2 is 2.03 bits per heavy atom. The number of benzene rings is 1. The number of fused-ring (bicyclic) bond motifs is 2. The predicted molar refractivity (Wildman–Crippen MR) is 111 cm³/mol. The first-order valence-corrected chi connectivity index (χ1v) is 10.6. The van der Waals surface area contributed by atoms with Crippen LogP contribution >= 0.6 is 0 Å². The highest BCUT2D eigenvalue weighted by Gasteiger charge is 2.77. The van der Waals surface area contributed by atoms with E-state index >= 15 is 0 Å². The monoisotopic (exact) mass is 397 g/mol. The van der Waals surface area contributed by atoms with Gasteiger partial charge in [0.05, 0.1) is 18.4 Å². The van der Waals surface area contributed by atoms with Crippen molar-refractivity contribution in [3.63, 3.8) is 0 Å². The van der Waals surface area contributed by atoms with Crippen molar-refractivity contribution in [3.05, 3.63) is 35.4 Å². The largest absolute Gasteiger partial charge is 0.493 e. The molecule has 2 bridgehead atoms. The predicted octanol–water partition coefficient (Wildman–Crippen LogP) is 3.28. The smallest absolute Gasteiger partial charge is 0.165 e. The lowest BCUT2D eigenvalue weighted by molar-refractivity contribution is -0.208. The summed E-state index contributed by atoms with van der Waals surface area (Å²) in [5, 5.41) is 0. The number of methoxy groups -OCH3 is 2. The SMILES string of the molecule is COc1ccc(C)c2c1OC1C3(OC)C=CC4(CC3C(C)=O)[C@@H](C)N(C)CC[C@]214. The molecule has 1 saturated carbocycles. The molecule has 29 heavy (non-hydrogen) atoms. The van der Waals surface area contributed by atoms with Crippen LogP contribution in [0.4, 0.5) is 0 Å². The van der Waals surface area contributed by atoms with E-state index in [1.807, 2.05) is 6.07 Å². The molecular weight excluding hydrogens is 366 g/mol. The number of hydrogen-bond donors (Lipinski definition) is 0. The summed E-state index contributed by atoms with van der Waals surface area (Å²) in [7, 11) is 5.61. The zero-order valence-corrected chi connectivity index (χ0v) is 18.2. The van der Waals surface area contributed by atoms with E-state index in [-0.39, 0.29) is 34.7 Å². The minimum atomic E-state index is -0.750. The number of rotatable bonds is 3. The first kappa shape index (κ1) is 19.1. The molecular formula is C24H31NO4. The first-order chi connectivity index (χ1) is 13.8. The molecule has 4 unspecified atom stereocenters. The summed E-state index contributed by atoms with van der Waals surface area (Å²) in [5.41, 5.74) is 1.31. The fourth-order valence-corrected chi connectivity index (χ4v) is 7.25.